The van der Waals surface area contributed by atoms with Crippen LogP contribution in [0.5, 0.6) is 5.75 Å². The van der Waals surface area contributed by atoms with Crippen molar-refractivity contribution in [1.82, 2.24) is 9.88 Å². The fraction of sp³-hybridized carbons (Fsp3) is 0.261. The van der Waals surface area contributed by atoms with Crippen molar-refractivity contribution in [3.05, 3.63) is 70.5 Å². The molecule has 1 N–H and O–H groups in total. The Morgan fingerprint density at radius 2 is 1.94 bits per heavy atom. The zero-order valence-electron chi connectivity index (χ0n) is 16.4. The number of para-hydroxylation sites is 1. The number of benzene rings is 2. The van der Waals surface area contributed by atoms with Gasteiger partial charge in [0.2, 0.25) is 0 Å². The number of aromatic carboxylic acids is 1. The van der Waals surface area contributed by atoms with Gasteiger partial charge in [0.25, 0.3) is 5.91 Å². The van der Waals surface area contributed by atoms with Crippen LogP contribution in [-0.4, -0.2) is 69.6 Å². The molecular weight excluding hydrogens is 423 g/mol. The van der Waals surface area contributed by atoms with Crippen molar-refractivity contribution >= 4 is 52.8 Å². The van der Waals surface area contributed by atoms with E-state index in [1.807, 2.05) is 46.7 Å². The third-order valence-electron chi connectivity index (χ3n) is 5.14. The molecule has 1 amide bonds. The van der Waals surface area contributed by atoms with Crippen molar-refractivity contribution in [2.24, 2.45) is 0 Å². The summed E-state index contributed by atoms with van der Waals surface area (Å²) in [5, 5.41) is 12.0. The molecule has 0 bridgehead atoms. The molecule has 2 heterocycles. The molecule has 6 nitrogen and oxygen atoms in total. The maximum atomic E-state index is 12.9. The molecule has 0 aliphatic carbocycles. The van der Waals surface area contributed by atoms with Gasteiger partial charge in [-0.05, 0) is 43.5 Å². The number of carboxylic acids is 1. The Labute approximate surface area is 207 Å². The fourth-order valence-corrected chi connectivity index (χ4v) is 4.59. The molecule has 8 heteroatoms. The topological polar surface area (TPSA) is 79.7 Å². The summed E-state index contributed by atoms with van der Waals surface area (Å²) in [6.45, 7) is 0.685. The van der Waals surface area contributed by atoms with Gasteiger partial charge in [0.05, 0.1) is 17.3 Å². The van der Waals surface area contributed by atoms with E-state index < -0.39 is 5.97 Å². The Hall–Kier alpha value is -2.19. The van der Waals surface area contributed by atoms with Crippen molar-refractivity contribution in [2.45, 2.75) is 25.3 Å². The van der Waals surface area contributed by atoms with Gasteiger partial charge in [0, 0.05) is 17.5 Å². The monoisotopic (exact) mass is 446 g/mol. The van der Waals surface area contributed by atoms with Gasteiger partial charge in [0.15, 0.2) is 6.61 Å². The van der Waals surface area contributed by atoms with Gasteiger partial charge in [-0.15, -0.1) is 11.3 Å². The zero-order valence-corrected chi connectivity index (χ0v) is 17.2. The summed E-state index contributed by atoms with van der Waals surface area (Å²) in [5.74, 6) is -0.336. The summed E-state index contributed by atoms with van der Waals surface area (Å²) in [6.07, 6.45) is 2.86. The van der Waals surface area contributed by atoms with Crippen molar-refractivity contribution in [3.63, 3.8) is 0 Å². The predicted molar refractivity (Wildman–Crippen MR) is 122 cm³/mol. The molecule has 0 spiro atoms. The van der Waals surface area contributed by atoms with Crippen LogP contribution in [0.15, 0.2) is 60.0 Å². The van der Waals surface area contributed by atoms with Crippen LogP contribution in [0.2, 0.25) is 0 Å². The number of ether oxygens (including phenoxy) is 1. The molecule has 1 atom stereocenters. The van der Waals surface area contributed by atoms with Gasteiger partial charge < -0.3 is 14.7 Å². The first-order valence-electron chi connectivity index (χ1n) is 9.88. The SMILES string of the molecule is O=C(O)c1cccc(-c2csc(C3CCCCN3C(=O)COc3ccccc3)n2)c1.[NaH]. The summed E-state index contributed by atoms with van der Waals surface area (Å²) in [5.41, 5.74) is 1.73. The second-order valence-electron chi connectivity index (χ2n) is 7.16. The first-order valence-corrected chi connectivity index (χ1v) is 10.8. The van der Waals surface area contributed by atoms with Gasteiger partial charge in [-0.2, -0.15) is 0 Å². The summed E-state index contributed by atoms with van der Waals surface area (Å²) >= 11 is 1.51. The zero-order chi connectivity index (χ0) is 20.9. The molecule has 1 aliphatic rings. The Morgan fingerprint density at radius 1 is 1.13 bits per heavy atom. The normalized spacial score (nSPS) is 15.7. The van der Waals surface area contributed by atoms with Crippen LogP contribution in [0.3, 0.4) is 0 Å². The van der Waals surface area contributed by atoms with E-state index in [0.717, 1.165) is 35.5 Å². The number of nitrogens with zero attached hydrogens (tertiary/aromatic N) is 2. The predicted octanol–water partition coefficient (Wildman–Crippen LogP) is 3.99. The molecule has 1 fully saturated rings. The Bertz CT molecular complexity index is 1040. The molecular formula is C23H23N2NaO4S. The second-order valence-corrected chi connectivity index (χ2v) is 8.05. The average molecular weight is 447 g/mol. The third kappa shape index (κ3) is 5.74. The number of carboxylic acid groups (broad SMARTS) is 1. The van der Waals surface area contributed by atoms with Gasteiger partial charge in [-0.3, -0.25) is 4.79 Å². The van der Waals surface area contributed by atoms with Gasteiger partial charge in [-0.1, -0.05) is 30.3 Å². The Balaban J connectivity index is 0.00000272. The minimum absolute atomic E-state index is 0. The number of piperidine rings is 1. The maximum absolute atomic E-state index is 12.9. The van der Waals surface area contributed by atoms with Gasteiger partial charge in [-0.25, -0.2) is 9.78 Å². The third-order valence-corrected chi connectivity index (χ3v) is 6.09. The minimum atomic E-state index is -0.963. The van der Waals surface area contributed by atoms with E-state index in [0.29, 0.717) is 12.3 Å². The van der Waals surface area contributed by atoms with Gasteiger partial charge >= 0.3 is 35.5 Å². The van der Waals surface area contributed by atoms with E-state index in [1.165, 1.54) is 11.3 Å². The number of thiazole rings is 1. The fourth-order valence-electron chi connectivity index (χ4n) is 3.62. The number of likely N-dealkylation sites (tertiary alicyclic amines) is 1. The first kappa shape index (κ1) is 23.5. The number of rotatable bonds is 6. The molecule has 4 rings (SSSR count). The van der Waals surface area contributed by atoms with Crippen LogP contribution in [-0.2, 0) is 4.79 Å². The number of hydrogen-bond acceptors (Lipinski definition) is 5. The number of aromatic nitrogens is 1. The molecule has 1 aromatic heterocycles. The standard InChI is InChI=1S/C23H22N2O4S.Na.H/c26-21(14-29-18-9-2-1-3-10-18)25-12-5-4-11-20(25)22-24-19(15-30-22)16-7-6-8-17(13-16)23(27)28;;/h1-3,6-10,13,15,20H,4-5,11-12,14H2,(H,27,28);;. The van der Waals surface area contributed by atoms with Crippen LogP contribution in [0.25, 0.3) is 11.3 Å². The Morgan fingerprint density at radius 3 is 2.71 bits per heavy atom. The van der Waals surface area contributed by atoms with Crippen LogP contribution in [0, 0.1) is 0 Å². The second kappa shape index (κ2) is 10.9. The molecule has 3 aromatic rings. The number of hydrogen-bond donors (Lipinski definition) is 1. The number of amides is 1. The molecule has 1 aliphatic heterocycles. The molecule has 1 unspecified atom stereocenters. The van der Waals surface area contributed by atoms with Crippen LogP contribution in [0.4, 0.5) is 0 Å². The molecule has 31 heavy (non-hydrogen) atoms. The molecule has 0 saturated carbocycles. The summed E-state index contributed by atoms with van der Waals surface area (Å²) in [7, 11) is 0. The molecule has 0 radical (unpaired) electrons. The van der Waals surface area contributed by atoms with E-state index in [9.17, 15) is 14.7 Å². The molecule has 1 saturated heterocycles. The quantitative estimate of drug-likeness (QED) is 0.579. The van der Waals surface area contributed by atoms with Crippen LogP contribution < -0.4 is 4.74 Å². The van der Waals surface area contributed by atoms with Crippen LogP contribution >= 0.6 is 11.3 Å². The average Bonchev–Trinajstić information content (AvgIpc) is 3.28. The molecule has 2 aromatic carbocycles. The number of carbonyl (C=O) groups is 2. The van der Waals surface area contributed by atoms with E-state index in [1.54, 1.807) is 18.2 Å². The first-order chi connectivity index (χ1) is 14.6. The molecule has 156 valence electrons. The summed E-state index contributed by atoms with van der Waals surface area (Å²) in [6, 6.07) is 16.0. The van der Waals surface area contributed by atoms with E-state index in [4.69, 9.17) is 9.72 Å². The van der Waals surface area contributed by atoms with E-state index >= 15 is 0 Å². The van der Waals surface area contributed by atoms with Crippen molar-refractivity contribution in [3.8, 4) is 17.0 Å². The van der Waals surface area contributed by atoms with Crippen molar-refractivity contribution in [1.29, 1.82) is 0 Å². The summed E-state index contributed by atoms with van der Waals surface area (Å²) < 4.78 is 5.65. The van der Waals surface area contributed by atoms with Gasteiger partial charge in [0.1, 0.15) is 10.8 Å². The van der Waals surface area contributed by atoms with Crippen molar-refractivity contribution < 1.29 is 19.4 Å². The Kier molecular flexibility index (Phi) is 8.26. The number of carbonyl (C=O) groups excluding carboxylic acids is 1. The van der Waals surface area contributed by atoms with Crippen LogP contribution in [0.1, 0.15) is 40.7 Å². The van der Waals surface area contributed by atoms with E-state index in [-0.39, 0.29) is 53.7 Å². The summed E-state index contributed by atoms with van der Waals surface area (Å²) in [4.78, 5) is 30.7. The van der Waals surface area contributed by atoms with E-state index in [2.05, 4.69) is 0 Å². The van der Waals surface area contributed by atoms with Crippen molar-refractivity contribution in [2.75, 3.05) is 13.2 Å².